The first kappa shape index (κ1) is 11.6. The fourth-order valence-corrected chi connectivity index (χ4v) is 2.00. The smallest absolute Gasteiger partial charge is 0.330 e. The monoisotopic (exact) mass is 229 g/mol. The van der Waals surface area contributed by atoms with Gasteiger partial charge in [0.05, 0.1) is 7.11 Å². The molecule has 0 fully saturated rings. The van der Waals surface area contributed by atoms with E-state index in [0.29, 0.717) is 0 Å². The number of fused-ring (bicyclic) bond motifs is 1. The number of benzene rings is 2. The molecular formula is C14H15NO2. The van der Waals surface area contributed by atoms with Crippen molar-refractivity contribution in [3.8, 4) is 0 Å². The van der Waals surface area contributed by atoms with Crippen molar-refractivity contribution in [2.75, 3.05) is 7.11 Å². The maximum Gasteiger partial charge on any atom is 0.330 e. The van der Waals surface area contributed by atoms with Crippen molar-refractivity contribution in [2.24, 2.45) is 5.73 Å². The first-order chi connectivity index (χ1) is 8.07. The van der Waals surface area contributed by atoms with Gasteiger partial charge < -0.3 is 10.5 Å². The molecule has 0 amide bonds. The Bertz CT molecular complexity index is 556. The first-order valence-corrected chi connectivity index (χ1v) is 5.43. The second kappa shape index (κ2) is 4.18. The predicted molar refractivity (Wildman–Crippen MR) is 67.5 cm³/mol. The number of hydrogen-bond donors (Lipinski definition) is 1. The maximum absolute atomic E-state index is 11.7. The van der Waals surface area contributed by atoms with E-state index in [-0.39, 0.29) is 0 Å². The molecule has 0 saturated carbocycles. The third-order valence-corrected chi connectivity index (χ3v) is 2.96. The molecule has 0 radical (unpaired) electrons. The number of carbonyl (C=O) groups is 1. The molecule has 17 heavy (non-hydrogen) atoms. The van der Waals surface area contributed by atoms with Crippen LogP contribution >= 0.6 is 0 Å². The average Bonchev–Trinajstić information content (AvgIpc) is 2.37. The molecule has 1 atom stereocenters. The third kappa shape index (κ3) is 1.89. The quantitative estimate of drug-likeness (QED) is 0.803. The number of esters is 1. The van der Waals surface area contributed by atoms with Crippen molar-refractivity contribution in [3.63, 3.8) is 0 Å². The van der Waals surface area contributed by atoms with Gasteiger partial charge in [0.25, 0.3) is 0 Å². The van der Waals surface area contributed by atoms with Crippen LogP contribution in [0.3, 0.4) is 0 Å². The molecule has 0 heterocycles. The van der Waals surface area contributed by atoms with E-state index in [1.54, 1.807) is 6.92 Å². The van der Waals surface area contributed by atoms with E-state index in [9.17, 15) is 4.79 Å². The molecule has 0 aromatic heterocycles. The summed E-state index contributed by atoms with van der Waals surface area (Å²) in [6.07, 6.45) is 0. The highest BCUT2D eigenvalue weighted by atomic mass is 16.5. The lowest BCUT2D eigenvalue weighted by molar-refractivity contribution is -0.146. The van der Waals surface area contributed by atoms with E-state index >= 15 is 0 Å². The second-order valence-corrected chi connectivity index (χ2v) is 4.22. The van der Waals surface area contributed by atoms with Gasteiger partial charge >= 0.3 is 5.97 Å². The number of ether oxygens (including phenoxy) is 1. The zero-order valence-electron chi connectivity index (χ0n) is 9.94. The van der Waals surface area contributed by atoms with Crippen LogP contribution in [0.15, 0.2) is 42.5 Å². The third-order valence-electron chi connectivity index (χ3n) is 2.96. The summed E-state index contributed by atoms with van der Waals surface area (Å²) in [5, 5.41) is 2.04. The lowest BCUT2D eigenvalue weighted by Gasteiger charge is -2.23. The molecule has 0 saturated heterocycles. The largest absolute Gasteiger partial charge is 0.467 e. The Morgan fingerprint density at radius 2 is 1.82 bits per heavy atom. The van der Waals surface area contributed by atoms with Gasteiger partial charge in [0.15, 0.2) is 0 Å². The van der Waals surface area contributed by atoms with Gasteiger partial charge in [-0.3, -0.25) is 0 Å². The predicted octanol–water partition coefficient (Wildman–Crippen LogP) is 2.19. The van der Waals surface area contributed by atoms with Crippen molar-refractivity contribution in [1.29, 1.82) is 0 Å². The maximum atomic E-state index is 11.7. The van der Waals surface area contributed by atoms with Gasteiger partial charge in [0, 0.05) is 0 Å². The van der Waals surface area contributed by atoms with E-state index in [1.807, 2.05) is 42.5 Å². The van der Waals surface area contributed by atoms with Crippen molar-refractivity contribution in [3.05, 3.63) is 48.0 Å². The zero-order valence-corrected chi connectivity index (χ0v) is 9.94. The molecule has 0 aliphatic carbocycles. The van der Waals surface area contributed by atoms with E-state index in [4.69, 9.17) is 10.5 Å². The van der Waals surface area contributed by atoms with Crippen molar-refractivity contribution in [2.45, 2.75) is 12.5 Å². The van der Waals surface area contributed by atoms with E-state index < -0.39 is 11.5 Å². The van der Waals surface area contributed by atoms with Crippen LogP contribution in [-0.4, -0.2) is 13.1 Å². The normalized spacial score (nSPS) is 14.3. The summed E-state index contributed by atoms with van der Waals surface area (Å²) in [6, 6.07) is 13.6. The molecule has 2 rings (SSSR count). The Labute approximate surface area is 100 Å². The molecule has 0 unspecified atom stereocenters. The molecule has 2 aromatic carbocycles. The summed E-state index contributed by atoms with van der Waals surface area (Å²) in [5.74, 6) is -0.436. The molecule has 0 bridgehead atoms. The van der Waals surface area contributed by atoms with Crippen molar-refractivity contribution >= 4 is 16.7 Å². The van der Waals surface area contributed by atoms with Gasteiger partial charge in [-0.1, -0.05) is 42.5 Å². The van der Waals surface area contributed by atoms with Crippen molar-refractivity contribution in [1.82, 2.24) is 0 Å². The summed E-state index contributed by atoms with van der Waals surface area (Å²) in [6.45, 7) is 1.67. The number of hydrogen-bond acceptors (Lipinski definition) is 3. The number of rotatable bonds is 2. The molecule has 3 heteroatoms. The molecule has 0 aliphatic heterocycles. The van der Waals surface area contributed by atoms with E-state index in [0.717, 1.165) is 16.3 Å². The Hall–Kier alpha value is -1.87. The first-order valence-electron chi connectivity index (χ1n) is 5.43. The van der Waals surface area contributed by atoms with Crippen LogP contribution in [0.5, 0.6) is 0 Å². The fraction of sp³-hybridized carbons (Fsp3) is 0.214. The number of carbonyl (C=O) groups excluding carboxylic acids is 1. The van der Waals surface area contributed by atoms with Gasteiger partial charge in [-0.25, -0.2) is 4.79 Å². The minimum absolute atomic E-state index is 0.436. The van der Waals surface area contributed by atoms with Crippen LogP contribution in [0, 0.1) is 0 Å². The molecule has 0 spiro atoms. The van der Waals surface area contributed by atoms with Gasteiger partial charge in [0.2, 0.25) is 0 Å². The van der Waals surface area contributed by atoms with Crippen molar-refractivity contribution < 1.29 is 9.53 Å². The minimum atomic E-state index is -1.13. The summed E-state index contributed by atoms with van der Waals surface area (Å²) >= 11 is 0. The molecule has 2 aromatic rings. The highest BCUT2D eigenvalue weighted by Gasteiger charge is 2.32. The SMILES string of the molecule is COC(=O)[C@@](C)(N)c1cccc2ccccc12. The minimum Gasteiger partial charge on any atom is -0.467 e. The Morgan fingerprint density at radius 3 is 2.53 bits per heavy atom. The molecule has 3 nitrogen and oxygen atoms in total. The van der Waals surface area contributed by atoms with E-state index in [2.05, 4.69) is 0 Å². The standard InChI is InChI=1S/C14H15NO2/c1-14(15,13(16)17-2)12-9-5-7-10-6-3-4-8-11(10)12/h3-9H,15H2,1-2H3/t14-/m0/s1. The summed E-state index contributed by atoms with van der Waals surface area (Å²) < 4.78 is 4.75. The van der Waals surface area contributed by atoms with Crippen LogP contribution in [0.2, 0.25) is 0 Å². The Kier molecular flexibility index (Phi) is 2.86. The molecule has 0 aliphatic rings. The lowest BCUT2D eigenvalue weighted by atomic mass is 9.89. The van der Waals surface area contributed by atoms with Gasteiger partial charge in [-0.05, 0) is 23.3 Å². The Balaban J connectivity index is 2.67. The van der Waals surface area contributed by atoms with Crippen LogP contribution in [-0.2, 0) is 15.1 Å². The summed E-state index contributed by atoms with van der Waals surface area (Å²) in [5.41, 5.74) is 5.73. The van der Waals surface area contributed by atoms with E-state index in [1.165, 1.54) is 7.11 Å². The van der Waals surface area contributed by atoms with Crippen LogP contribution < -0.4 is 5.73 Å². The van der Waals surface area contributed by atoms with Crippen LogP contribution in [0.1, 0.15) is 12.5 Å². The second-order valence-electron chi connectivity index (χ2n) is 4.22. The van der Waals surface area contributed by atoms with Crippen LogP contribution in [0.25, 0.3) is 10.8 Å². The number of methoxy groups -OCH3 is 1. The molecule has 2 N–H and O–H groups in total. The molecule has 88 valence electrons. The van der Waals surface area contributed by atoms with Crippen LogP contribution in [0.4, 0.5) is 0 Å². The zero-order chi connectivity index (χ0) is 12.5. The highest BCUT2D eigenvalue weighted by Crippen LogP contribution is 2.27. The van der Waals surface area contributed by atoms with Gasteiger partial charge in [-0.15, -0.1) is 0 Å². The molecular weight excluding hydrogens is 214 g/mol. The fourth-order valence-electron chi connectivity index (χ4n) is 2.00. The topological polar surface area (TPSA) is 52.3 Å². The summed E-state index contributed by atoms with van der Waals surface area (Å²) in [7, 11) is 1.35. The Morgan fingerprint density at radius 1 is 1.18 bits per heavy atom. The van der Waals surface area contributed by atoms with Gasteiger partial charge in [0.1, 0.15) is 5.54 Å². The van der Waals surface area contributed by atoms with Gasteiger partial charge in [-0.2, -0.15) is 0 Å². The lowest BCUT2D eigenvalue weighted by Crippen LogP contribution is -2.42. The number of nitrogens with two attached hydrogens (primary N) is 1. The summed E-state index contributed by atoms with van der Waals surface area (Å²) in [4.78, 5) is 11.7. The highest BCUT2D eigenvalue weighted by molar-refractivity contribution is 5.93. The average molecular weight is 229 g/mol.